The minimum atomic E-state index is -0.272. The molecule has 0 radical (unpaired) electrons. The topological polar surface area (TPSA) is 110 Å². The van der Waals surface area contributed by atoms with Crippen LogP contribution in [0.1, 0.15) is 19.2 Å². The van der Waals surface area contributed by atoms with Crippen LogP contribution in [-0.4, -0.2) is 47.5 Å². The molecule has 2 aromatic carbocycles. The monoisotopic (exact) mass is 437 g/mol. The summed E-state index contributed by atoms with van der Waals surface area (Å²) in [4.78, 5) is 35.4. The molecule has 10 heteroatoms. The van der Waals surface area contributed by atoms with Crippen LogP contribution in [0.15, 0.2) is 53.3 Å². The van der Waals surface area contributed by atoms with Gasteiger partial charge in [0.2, 0.25) is 11.7 Å². The number of amides is 1. The molecule has 0 bridgehead atoms. The summed E-state index contributed by atoms with van der Waals surface area (Å²) < 4.78 is 0. The largest absolute Gasteiger partial charge is 0.334 e. The van der Waals surface area contributed by atoms with Crippen molar-refractivity contribution >= 4 is 28.4 Å². The maximum atomic E-state index is 12.9. The van der Waals surface area contributed by atoms with Gasteiger partial charge in [0.15, 0.2) is 0 Å². The highest BCUT2D eigenvalue weighted by molar-refractivity contribution is 6.31. The minimum Gasteiger partial charge on any atom is -0.334 e. The number of hydrogen-bond donors (Lipinski definition) is 1. The predicted octanol–water partition coefficient (Wildman–Crippen LogP) is 2.67. The van der Waals surface area contributed by atoms with Gasteiger partial charge < -0.3 is 9.88 Å². The number of tetrazole rings is 1. The van der Waals surface area contributed by atoms with Crippen LogP contribution in [0.5, 0.6) is 0 Å². The van der Waals surface area contributed by atoms with Gasteiger partial charge in [-0.15, -0.1) is 10.2 Å². The number of aromatic nitrogens is 6. The van der Waals surface area contributed by atoms with Gasteiger partial charge in [0.25, 0.3) is 5.56 Å². The summed E-state index contributed by atoms with van der Waals surface area (Å²) in [5.74, 6) is 0.638. The first-order chi connectivity index (χ1) is 15.0. The first kappa shape index (κ1) is 20.7. The highest BCUT2D eigenvalue weighted by Crippen LogP contribution is 2.15. The lowest BCUT2D eigenvalue weighted by Crippen LogP contribution is -2.35. The van der Waals surface area contributed by atoms with E-state index in [0.717, 1.165) is 12.0 Å². The van der Waals surface area contributed by atoms with E-state index in [0.29, 0.717) is 34.1 Å². The number of rotatable bonds is 7. The Morgan fingerprint density at radius 1 is 1.19 bits per heavy atom. The maximum Gasteiger partial charge on any atom is 0.258 e. The second kappa shape index (κ2) is 9.05. The van der Waals surface area contributed by atoms with Crippen molar-refractivity contribution in [2.75, 3.05) is 6.54 Å². The average molecular weight is 438 g/mol. The standard InChI is InChI=1S/C21H20ClN7O2/c1-2-10-28(12-18-23-17-11-15(22)8-9-16(17)21(31)24-18)19(30)13-29-26-20(25-27-29)14-6-4-3-5-7-14/h3-9,11H,2,10,12-13H2,1H3,(H,23,24,31). The molecule has 158 valence electrons. The van der Waals surface area contributed by atoms with E-state index in [9.17, 15) is 9.59 Å². The van der Waals surface area contributed by atoms with Crippen LogP contribution < -0.4 is 5.56 Å². The van der Waals surface area contributed by atoms with E-state index in [1.54, 1.807) is 23.1 Å². The van der Waals surface area contributed by atoms with Crippen molar-refractivity contribution in [3.63, 3.8) is 0 Å². The molecule has 0 spiro atoms. The van der Waals surface area contributed by atoms with E-state index in [4.69, 9.17) is 11.6 Å². The fourth-order valence-corrected chi connectivity index (χ4v) is 3.38. The fourth-order valence-electron chi connectivity index (χ4n) is 3.21. The SMILES string of the molecule is CCCN(Cc1nc2cc(Cl)ccc2c(=O)[nH]1)C(=O)Cn1nnc(-c2ccccc2)n1. The van der Waals surface area contributed by atoms with E-state index >= 15 is 0 Å². The molecule has 0 aliphatic heterocycles. The fraction of sp³-hybridized carbons (Fsp3) is 0.238. The number of halogens is 1. The van der Waals surface area contributed by atoms with Gasteiger partial charge in [-0.2, -0.15) is 4.80 Å². The van der Waals surface area contributed by atoms with Gasteiger partial charge in [-0.3, -0.25) is 9.59 Å². The number of aromatic amines is 1. The van der Waals surface area contributed by atoms with Gasteiger partial charge in [0.1, 0.15) is 12.4 Å². The third kappa shape index (κ3) is 4.77. The van der Waals surface area contributed by atoms with Crippen LogP contribution in [0.4, 0.5) is 0 Å². The summed E-state index contributed by atoms with van der Waals surface area (Å²) in [5, 5.41) is 13.2. The molecule has 1 amide bonds. The first-order valence-corrected chi connectivity index (χ1v) is 10.2. The molecule has 0 fully saturated rings. The highest BCUT2D eigenvalue weighted by Gasteiger charge is 2.18. The van der Waals surface area contributed by atoms with Crippen LogP contribution in [0, 0.1) is 0 Å². The highest BCUT2D eigenvalue weighted by atomic mass is 35.5. The molecule has 31 heavy (non-hydrogen) atoms. The Hall–Kier alpha value is -3.59. The van der Waals surface area contributed by atoms with Crippen LogP contribution in [0.3, 0.4) is 0 Å². The summed E-state index contributed by atoms with van der Waals surface area (Å²) in [7, 11) is 0. The van der Waals surface area contributed by atoms with Crippen LogP contribution >= 0.6 is 11.6 Å². The zero-order chi connectivity index (χ0) is 21.8. The van der Waals surface area contributed by atoms with Crippen molar-refractivity contribution in [2.45, 2.75) is 26.4 Å². The smallest absolute Gasteiger partial charge is 0.258 e. The third-order valence-corrected chi connectivity index (χ3v) is 4.90. The Morgan fingerprint density at radius 2 is 2.00 bits per heavy atom. The van der Waals surface area contributed by atoms with Gasteiger partial charge in [-0.05, 0) is 29.8 Å². The minimum absolute atomic E-state index is 0.0660. The number of hydrogen-bond acceptors (Lipinski definition) is 6. The van der Waals surface area contributed by atoms with Crippen LogP contribution in [-0.2, 0) is 17.9 Å². The molecule has 2 heterocycles. The molecule has 0 aliphatic rings. The molecule has 0 saturated carbocycles. The van der Waals surface area contributed by atoms with Gasteiger partial charge in [0.05, 0.1) is 17.4 Å². The van der Waals surface area contributed by atoms with E-state index in [1.165, 1.54) is 4.80 Å². The summed E-state index contributed by atoms with van der Waals surface area (Å²) in [6, 6.07) is 14.3. The van der Waals surface area contributed by atoms with Gasteiger partial charge in [-0.25, -0.2) is 4.98 Å². The Kier molecular flexibility index (Phi) is 6.03. The molecule has 9 nitrogen and oxygen atoms in total. The van der Waals surface area contributed by atoms with Crippen LogP contribution in [0.25, 0.3) is 22.3 Å². The average Bonchev–Trinajstić information content (AvgIpc) is 3.22. The number of carbonyl (C=O) groups excluding carboxylic acids is 1. The molecule has 1 N–H and O–H groups in total. The molecular weight excluding hydrogens is 418 g/mol. The van der Waals surface area contributed by atoms with Crippen molar-refractivity contribution in [3.05, 3.63) is 69.7 Å². The number of H-pyrrole nitrogens is 1. The van der Waals surface area contributed by atoms with Crippen molar-refractivity contribution in [1.82, 2.24) is 35.1 Å². The van der Waals surface area contributed by atoms with Gasteiger partial charge in [-0.1, -0.05) is 48.9 Å². The van der Waals surface area contributed by atoms with E-state index in [2.05, 4.69) is 25.4 Å². The quantitative estimate of drug-likeness (QED) is 0.476. The van der Waals surface area contributed by atoms with Crippen molar-refractivity contribution in [1.29, 1.82) is 0 Å². The molecule has 0 saturated heterocycles. The number of nitrogens with one attached hydrogen (secondary N) is 1. The molecule has 2 aromatic heterocycles. The van der Waals surface area contributed by atoms with E-state index in [-0.39, 0.29) is 24.6 Å². The lowest BCUT2D eigenvalue weighted by atomic mass is 10.2. The van der Waals surface area contributed by atoms with E-state index in [1.807, 2.05) is 37.3 Å². The number of benzene rings is 2. The summed E-state index contributed by atoms with van der Waals surface area (Å²) in [5.41, 5.74) is 1.04. The molecule has 0 aliphatic carbocycles. The first-order valence-electron chi connectivity index (χ1n) is 9.83. The molecular formula is C21H20ClN7O2. The predicted molar refractivity (Wildman–Crippen MR) is 116 cm³/mol. The zero-order valence-corrected chi connectivity index (χ0v) is 17.6. The zero-order valence-electron chi connectivity index (χ0n) is 16.8. The van der Waals surface area contributed by atoms with Crippen LogP contribution in [0.2, 0.25) is 5.02 Å². The van der Waals surface area contributed by atoms with Gasteiger partial charge in [0, 0.05) is 17.1 Å². The van der Waals surface area contributed by atoms with E-state index < -0.39 is 0 Å². The maximum absolute atomic E-state index is 12.9. The Bertz CT molecular complexity index is 1270. The lowest BCUT2D eigenvalue weighted by molar-refractivity contribution is -0.133. The number of nitrogens with zero attached hydrogens (tertiary/aromatic N) is 6. The van der Waals surface area contributed by atoms with Crippen molar-refractivity contribution in [2.24, 2.45) is 0 Å². The summed E-state index contributed by atoms with van der Waals surface area (Å²) in [6.07, 6.45) is 0.745. The molecule has 0 unspecified atom stereocenters. The lowest BCUT2D eigenvalue weighted by Gasteiger charge is -2.21. The van der Waals surface area contributed by atoms with Crippen molar-refractivity contribution in [3.8, 4) is 11.4 Å². The third-order valence-electron chi connectivity index (χ3n) is 4.67. The number of fused-ring (bicyclic) bond motifs is 1. The number of carbonyl (C=O) groups is 1. The molecule has 4 aromatic rings. The Morgan fingerprint density at radius 3 is 2.77 bits per heavy atom. The van der Waals surface area contributed by atoms with Gasteiger partial charge >= 0.3 is 0 Å². The second-order valence-electron chi connectivity index (χ2n) is 7.00. The Balaban J connectivity index is 1.52. The Labute approximate surface area is 182 Å². The summed E-state index contributed by atoms with van der Waals surface area (Å²) >= 11 is 6.03. The summed E-state index contributed by atoms with van der Waals surface area (Å²) in [6.45, 7) is 2.56. The molecule has 0 atom stereocenters. The molecule has 4 rings (SSSR count). The second-order valence-corrected chi connectivity index (χ2v) is 7.44. The van der Waals surface area contributed by atoms with Crippen molar-refractivity contribution < 1.29 is 4.79 Å². The normalized spacial score (nSPS) is 11.0.